The average Bonchev–Trinajstić information content (AvgIpc) is 3.23. The quantitative estimate of drug-likeness (QED) is 0.669. The molecule has 0 radical (unpaired) electrons. The van der Waals surface area contributed by atoms with E-state index < -0.39 is 6.04 Å². The minimum Gasteiger partial charge on any atom is -0.353 e. The predicted molar refractivity (Wildman–Crippen MR) is 117 cm³/mol. The smallest absolute Gasteiger partial charge is 0.247 e. The number of amides is 2. The van der Waals surface area contributed by atoms with Crippen LogP contribution in [0.15, 0.2) is 72.9 Å². The predicted octanol–water partition coefficient (Wildman–Crippen LogP) is 3.29. The monoisotopic (exact) mass is 400 g/mol. The molecule has 4 rings (SSSR count). The standard InChI is InChI=1S/C24H24N4O2/c1-2-21-24(30)25-15-16-27(21)22(29)14-13-19-17-28(20-11-7-4-8-12-20)26-23(19)18-9-5-3-6-10-18/h3-14,17,21H,2,15-16H2,1H3,(H,25,30). The number of benzene rings is 2. The molecule has 1 atom stereocenters. The van der Waals surface area contributed by atoms with Crippen molar-refractivity contribution >= 4 is 17.9 Å². The van der Waals surface area contributed by atoms with Gasteiger partial charge in [-0.15, -0.1) is 0 Å². The second-order valence-corrected chi connectivity index (χ2v) is 7.16. The highest BCUT2D eigenvalue weighted by molar-refractivity contribution is 5.97. The molecule has 1 unspecified atom stereocenters. The van der Waals surface area contributed by atoms with Gasteiger partial charge >= 0.3 is 0 Å². The molecule has 30 heavy (non-hydrogen) atoms. The average molecular weight is 400 g/mol. The van der Waals surface area contributed by atoms with E-state index >= 15 is 0 Å². The van der Waals surface area contributed by atoms with Crippen LogP contribution in [-0.4, -0.2) is 45.6 Å². The fraction of sp³-hybridized carbons (Fsp3) is 0.208. The molecule has 6 nitrogen and oxygen atoms in total. The van der Waals surface area contributed by atoms with Crippen molar-refractivity contribution in [3.05, 3.63) is 78.5 Å². The Bertz CT molecular complexity index is 1060. The van der Waals surface area contributed by atoms with Gasteiger partial charge in [-0.25, -0.2) is 4.68 Å². The van der Waals surface area contributed by atoms with Gasteiger partial charge in [0.1, 0.15) is 6.04 Å². The van der Waals surface area contributed by atoms with Crippen LogP contribution in [0.3, 0.4) is 0 Å². The molecular formula is C24H24N4O2. The molecule has 1 aliphatic heterocycles. The van der Waals surface area contributed by atoms with Gasteiger partial charge in [-0.05, 0) is 24.6 Å². The zero-order chi connectivity index (χ0) is 20.9. The van der Waals surface area contributed by atoms with Gasteiger partial charge in [0, 0.05) is 36.5 Å². The molecule has 0 spiro atoms. The number of rotatable bonds is 5. The van der Waals surface area contributed by atoms with Crippen LogP contribution < -0.4 is 5.32 Å². The first-order valence-corrected chi connectivity index (χ1v) is 10.1. The summed E-state index contributed by atoms with van der Waals surface area (Å²) < 4.78 is 1.82. The van der Waals surface area contributed by atoms with Crippen molar-refractivity contribution in [2.45, 2.75) is 19.4 Å². The van der Waals surface area contributed by atoms with Crippen LogP contribution in [0.1, 0.15) is 18.9 Å². The second kappa shape index (κ2) is 8.78. The normalized spacial score (nSPS) is 16.6. The molecule has 3 aromatic rings. The van der Waals surface area contributed by atoms with Gasteiger partial charge in [0.25, 0.3) is 0 Å². The molecule has 1 N–H and O–H groups in total. The molecule has 1 aromatic heterocycles. The van der Waals surface area contributed by atoms with Crippen molar-refractivity contribution in [1.29, 1.82) is 0 Å². The Hall–Kier alpha value is -3.67. The minimum absolute atomic E-state index is 0.0904. The molecule has 0 bridgehead atoms. The summed E-state index contributed by atoms with van der Waals surface area (Å²) in [6.07, 6.45) is 5.84. The van der Waals surface area contributed by atoms with Crippen LogP contribution in [0.2, 0.25) is 0 Å². The molecule has 6 heteroatoms. The lowest BCUT2D eigenvalue weighted by molar-refractivity contribution is -0.140. The third-order valence-electron chi connectivity index (χ3n) is 5.22. The molecule has 0 saturated carbocycles. The van der Waals surface area contributed by atoms with E-state index in [0.29, 0.717) is 19.5 Å². The van der Waals surface area contributed by atoms with E-state index in [4.69, 9.17) is 5.10 Å². The van der Waals surface area contributed by atoms with Crippen molar-refractivity contribution < 1.29 is 9.59 Å². The van der Waals surface area contributed by atoms with Gasteiger partial charge in [0.15, 0.2) is 0 Å². The van der Waals surface area contributed by atoms with E-state index in [0.717, 1.165) is 22.5 Å². The van der Waals surface area contributed by atoms with Crippen molar-refractivity contribution in [1.82, 2.24) is 20.0 Å². The number of piperazine rings is 1. The Morgan fingerprint density at radius 3 is 2.53 bits per heavy atom. The number of nitrogens with one attached hydrogen (secondary N) is 1. The lowest BCUT2D eigenvalue weighted by Gasteiger charge is -2.33. The second-order valence-electron chi connectivity index (χ2n) is 7.16. The van der Waals surface area contributed by atoms with E-state index in [1.54, 1.807) is 17.1 Å². The molecule has 2 aromatic carbocycles. The molecule has 2 heterocycles. The van der Waals surface area contributed by atoms with E-state index in [9.17, 15) is 9.59 Å². The first kappa shape index (κ1) is 19.6. The van der Waals surface area contributed by atoms with Gasteiger partial charge < -0.3 is 10.2 Å². The number of aromatic nitrogens is 2. The van der Waals surface area contributed by atoms with Crippen molar-refractivity contribution in [2.75, 3.05) is 13.1 Å². The molecular weight excluding hydrogens is 376 g/mol. The number of hydrogen-bond acceptors (Lipinski definition) is 3. The van der Waals surface area contributed by atoms with Crippen LogP contribution in [0.4, 0.5) is 0 Å². The highest BCUT2D eigenvalue weighted by Crippen LogP contribution is 2.25. The summed E-state index contributed by atoms with van der Waals surface area (Å²) >= 11 is 0. The fourth-order valence-electron chi connectivity index (χ4n) is 3.68. The summed E-state index contributed by atoms with van der Waals surface area (Å²) in [4.78, 5) is 26.6. The lowest BCUT2D eigenvalue weighted by atomic mass is 10.1. The number of carbonyl (C=O) groups excluding carboxylic acids is 2. The number of hydrogen-bond donors (Lipinski definition) is 1. The van der Waals surface area contributed by atoms with Crippen molar-refractivity contribution in [2.24, 2.45) is 0 Å². The summed E-state index contributed by atoms with van der Waals surface area (Å²) in [7, 11) is 0. The van der Waals surface area contributed by atoms with Crippen molar-refractivity contribution in [3.8, 4) is 16.9 Å². The molecule has 1 aliphatic rings. The Labute approximate surface area is 175 Å². The van der Waals surface area contributed by atoms with E-state index in [-0.39, 0.29) is 11.8 Å². The molecule has 0 aliphatic carbocycles. The third-order valence-corrected chi connectivity index (χ3v) is 5.22. The first-order valence-electron chi connectivity index (χ1n) is 10.1. The van der Waals surface area contributed by atoms with Crippen LogP contribution in [-0.2, 0) is 9.59 Å². The van der Waals surface area contributed by atoms with Crippen LogP contribution >= 0.6 is 0 Å². The van der Waals surface area contributed by atoms with Gasteiger partial charge in [0.2, 0.25) is 11.8 Å². The molecule has 1 saturated heterocycles. The summed E-state index contributed by atoms with van der Waals surface area (Å²) in [5.41, 5.74) is 3.56. The number of carbonyl (C=O) groups is 2. The maximum atomic E-state index is 12.8. The first-order chi connectivity index (χ1) is 14.7. The van der Waals surface area contributed by atoms with Crippen LogP contribution in [0, 0.1) is 0 Å². The lowest BCUT2D eigenvalue weighted by Crippen LogP contribution is -2.56. The Morgan fingerprint density at radius 1 is 1.13 bits per heavy atom. The highest BCUT2D eigenvalue weighted by Gasteiger charge is 2.30. The fourth-order valence-corrected chi connectivity index (χ4v) is 3.68. The topological polar surface area (TPSA) is 67.2 Å². The molecule has 2 amide bonds. The minimum atomic E-state index is -0.420. The SMILES string of the molecule is CCC1C(=O)NCCN1C(=O)C=Cc1cn(-c2ccccc2)nc1-c1ccccc1. The third kappa shape index (κ3) is 4.03. The summed E-state index contributed by atoms with van der Waals surface area (Å²) in [6.45, 7) is 2.91. The van der Waals surface area contributed by atoms with Gasteiger partial charge in [-0.2, -0.15) is 5.10 Å². The number of nitrogens with zero attached hydrogens (tertiary/aromatic N) is 3. The summed E-state index contributed by atoms with van der Waals surface area (Å²) in [5, 5.41) is 7.58. The molecule has 1 fully saturated rings. The Balaban J connectivity index is 1.66. The molecule has 152 valence electrons. The Morgan fingerprint density at radius 2 is 1.83 bits per heavy atom. The van der Waals surface area contributed by atoms with Gasteiger partial charge in [-0.1, -0.05) is 55.5 Å². The van der Waals surface area contributed by atoms with Gasteiger partial charge in [0.05, 0.1) is 11.4 Å². The van der Waals surface area contributed by atoms with E-state index in [1.165, 1.54) is 0 Å². The maximum Gasteiger partial charge on any atom is 0.247 e. The zero-order valence-electron chi connectivity index (χ0n) is 16.9. The van der Waals surface area contributed by atoms with Crippen LogP contribution in [0.5, 0.6) is 0 Å². The summed E-state index contributed by atoms with van der Waals surface area (Å²) in [6, 6.07) is 19.3. The maximum absolute atomic E-state index is 12.8. The van der Waals surface area contributed by atoms with Gasteiger partial charge in [-0.3, -0.25) is 9.59 Å². The number of para-hydroxylation sites is 1. The summed E-state index contributed by atoms with van der Waals surface area (Å²) in [5.74, 6) is -0.254. The zero-order valence-corrected chi connectivity index (χ0v) is 16.9. The van der Waals surface area contributed by atoms with Crippen molar-refractivity contribution in [3.63, 3.8) is 0 Å². The van der Waals surface area contributed by atoms with E-state index in [2.05, 4.69) is 5.32 Å². The Kier molecular flexibility index (Phi) is 5.75. The largest absolute Gasteiger partial charge is 0.353 e. The van der Waals surface area contributed by atoms with Crippen LogP contribution in [0.25, 0.3) is 23.0 Å². The highest BCUT2D eigenvalue weighted by atomic mass is 16.2. The van der Waals surface area contributed by atoms with E-state index in [1.807, 2.05) is 78.5 Å².